The molecule has 1 saturated heterocycles. The summed E-state index contributed by atoms with van der Waals surface area (Å²) < 4.78 is 0. The lowest BCUT2D eigenvalue weighted by Crippen LogP contribution is -2.47. The third-order valence-corrected chi connectivity index (χ3v) is 4.99. The van der Waals surface area contributed by atoms with E-state index in [1.807, 2.05) is 19.1 Å². The lowest BCUT2D eigenvalue weighted by atomic mass is 9.81. The summed E-state index contributed by atoms with van der Waals surface area (Å²) in [5.74, 6) is -0.938. The number of carboxylic acids is 1. The number of likely N-dealkylation sites (tertiary alicyclic amines) is 1. The van der Waals surface area contributed by atoms with Gasteiger partial charge in [0.25, 0.3) is 0 Å². The summed E-state index contributed by atoms with van der Waals surface area (Å²) in [4.78, 5) is 26.1. The molecule has 0 spiro atoms. The first-order valence-electron chi connectivity index (χ1n) is 8.15. The van der Waals surface area contributed by atoms with Gasteiger partial charge in [-0.3, -0.25) is 9.59 Å². The molecule has 1 aliphatic heterocycles. The second kappa shape index (κ2) is 6.11. The van der Waals surface area contributed by atoms with Gasteiger partial charge in [0.05, 0.1) is 11.8 Å². The standard InChI is InChI=1S/C18H23NO3/c1-12-9-14(18(21)22)11-19(10-12)17(20)16-8-4-6-13-5-2-3-7-15(13)16/h2-3,5,7,12,14,16H,4,6,8-11H2,1H3,(H,21,22). The number of carbonyl (C=O) groups is 2. The van der Waals surface area contributed by atoms with Crippen molar-refractivity contribution in [3.05, 3.63) is 35.4 Å². The first kappa shape index (κ1) is 15.1. The number of hydrogen-bond donors (Lipinski definition) is 1. The van der Waals surface area contributed by atoms with Crippen molar-refractivity contribution in [2.24, 2.45) is 11.8 Å². The second-order valence-electron chi connectivity index (χ2n) is 6.76. The van der Waals surface area contributed by atoms with Gasteiger partial charge in [0.1, 0.15) is 0 Å². The second-order valence-corrected chi connectivity index (χ2v) is 6.76. The average molecular weight is 301 g/mol. The molecular weight excluding hydrogens is 278 g/mol. The van der Waals surface area contributed by atoms with E-state index in [1.165, 1.54) is 5.56 Å². The Kier molecular flexibility index (Phi) is 4.19. The Balaban J connectivity index is 1.81. The zero-order chi connectivity index (χ0) is 15.7. The summed E-state index contributed by atoms with van der Waals surface area (Å²) in [5.41, 5.74) is 2.41. The number of aliphatic carboxylic acids is 1. The van der Waals surface area contributed by atoms with E-state index in [1.54, 1.807) is 4.90 Å². The number of amides is 1. The van der Waals surface area contributed by atoms with Crippen molar-refractivity contribution >= 4 is 11.9 Å². The molecule has 0 radical (unpaired) electrons. The number of carboxylic acid groups (broad SMARTS) is 1. The molecule has 4 nitrogen and oxygen atoms in total. The summed E-state index contributed by atoms with van der Waals surface area (Å²) in [6.45, 7) is 3.07. The minimum atomic E-state index is -0.784. The van der Waals surface area contributed by atoms with Crippen molar-refractivity contribution < 1.29 is 14.7 Å². The van der Waals surface area contributed by atoms with Gasteiger partial charge < -0.3 is 10.0 Å². The van der Waals surface area contributed by atoms with Crippen molar-refractivity contribution in [3.8, 4) is 0 Å². The van der Waals surface area contributed by atoms with E-state index in [0.29, 0.717) is 19.5 Å². The number of aryl methyl sites for hydroxylation is 1. The fraction of sp³-hybridized carbons (Fsp3) is 0.556. The Morgan fingerprint density at radius 3 is 2.77 bits per heavy atom. The van der Waals surface area contributed by atoms with Crippen LogP contribution in [0, 0.1) is 11.8 Å². The highest BCUT2D eigenvalue weighted by Crippen LogP contribution is 2.34. The van der Waals surface area contributed by atoms with Gasteiger partial charge >= 0.3 is 5.97 Å². The van der Waals surface area contributed by atoms with Crippen molar-refractivity contribution in [1.82, 2.24) is 4.90 Å². The van der Waals surface area contributed by atoms with E-state index >= 15 is 0 Å². The van der Waals surface area contributed by atoms with Gasteiger partial charge in [0, 0.05) is 13.1 Å². The van der Waals surface area contributed by atoms with Crippen molar-refractivity contribution in [1.29, 1.82) is 0 Å². The first-order valence-corrected chi connectivity index (χ1v) is 8.15. The van der Waals surface area contributed by atoms with Crippen LogP contribution < -0.4 is 0 Å². The topological polar surface area (TPSA) is 57.6 Å². The largest absolute Gasteiger partial charge is 0.481 e. The Morgan fingerprint density at radius 2 is 2.00 bits per heavy atom. The minimum Gasteiger partial charge on any atom is -0.481 e. The average Bonchev–Trinajstić information content (AvgIpc) is 2.53. The number of benzene rings is 1. The molecule has 0 bridgehead atoms. The molecule has 1 amide bonds. The lowest BCUT2D eigenvalue weighted by molar-refractivity contribution is -0.147. The Labute approximate surface area is 131 Å². The van der Waals surface area contributed by atoms with E-state index in [4.69, 9.17) is 0 Å². The van der Waals surface area contributed by atoms with E-state index in [2.05, 4.69) is 12.1 Å². The maximum absolute atomic E-state index is 13.0. The Bertz CT molecular complexity index is 583. The lowest BCUT2D eigenvalue weighted by Gasteiger charge is -2.38. The molecule has 1 N–H and O–H groups in total. The smallest absolute Gasteiger partial charge is 0.308 e. The first-order chi connectivity index (χ1) is 10.6. The third kappa shape index (κ3) is 2.87. The molecule has 0 aromatic heterocycles. The van der Waals surface area contributed by atoms with Crippen LogP contribution in [0.4, 0.5) is 0 Å². The van der Waals surface area contributed by atoms with E-state index in [0.717, 1.165) is 24.8 Å². The molecular formula is C18H23NO3. The molecule has 2 aliphatic rings. The van der Waals surface area contributed by atoms with Crippen LogP contribution in [0.25, 0.3) is 0 Å². The van der Waals surface area contributed by atoms with Crippen LogP contribution >= 0.6 is 0 Å². The number of rotatable bonds is 2. The van der Waals surface area contributed by atoms with Gasteiger partial charge in [0.2, 0.25) is 5.91 Å². The predicted octanol–water partition coefficient (Wildman–Crippen LogP) is 2.68. The zero-order valence-electron chi connectivity index (χ0n) is 13.0. The molecule has 3 atom stereocenters. The van der Waals surface area contributed by atoms with Crippen LogP contribution in [0.2, 0.25) is 0 Å². The van der Waals surface area contributed by atoms with Gasteiger partial charge in [-0.1, -0.05) is 31.2 Å². The highest BCUT2D eigenvalue weighted by Gasteiger charge is 2.36. The summed E-state index contributed by atoms with van der Waals surface area (Å²) >= 11 is 0. The summed E-state index contributed by atoms with van der Waals surface area (Å²) in [6, 6.07) is 8.17. The van der Waals surface area contributed by atoms with Crippen LogP contribution in [-0.4, -0.2) is 35.0 Å². The van der Waals surface area contributed by atoms with Gasteiger partial charge in [0.15, 0.2) is 0 Å². The van der Waals surface area contributed by atoms with Gasteiger partial charge in [-0.2, -0.15) is 0 Å². The quantitative estimate of drug-likeness (QED) is 0.913. The number of piperidine rings is 1. The molecule has 3 unspecified atom stereocenters. The van der Waals surface area contributed by atoms with E-state index in [-0.39, 0.29) is 17.7 Å². The normalized spacial score (nSPS) is 28.0. The van der Waals surface area contributed by atoms with Crippen LogP contribution in [-0.2, 0) is 16.0 Å². The summed E-state index contributed by atoms with van der Waals surface area (Å²) in [6.07, 6.45) is 3.60. The molecule has 118 valence electrons. The van der Waals surface area contributed by atoms with Crippen LogP contribution in [0.3, 0.4) is 0 Å². The van der Waals surface area contributed by atoms with Crippen LogP contribution in [0.1, 0.15) is 43.2 Å². The van der Waals surface area contributed by atoms with Crippen molar-refractivity contribution in [3.63, 3.8) is 0 Å². The summed E-state index contributed by atoms with van der Waals surface area (Å²) in [7, 11) is 0. The van der Waals surface area contributed by atoms with Gasteiger partial charge in [-0.15, -0.1) is 0 Å². The maximum atomic E-state index is 13.0. The fourth-order valence-electron chi connectivity index (χ4n) is 3.94. The maximum Gasteiger partial charge on any atom is 0.308 e. The monoisotopic (exact) mass is 301 g/mol. The number of fused-ring (bicyclic) bond motifs is 1. The number of carbonyl (C=O) groups excluding carboxylic acids is 1. The van der Waals surface area contributed by atoms with Crippen LogP contribution in [0.15, 0.2) is 24.3 Å². The molecule has 3 rings (SSSR count). The third-order valence-electron chi connectivity index (χ3n) is 4.99. The predicted molar refractivity (Wildman–Crippen MR) is 83.6 cm³/mol. The van der Waals surface area contributed by atoms with Gasteiger partial charge in [-0.25, -0.2) is 0 Å². The fourth-order valence-corrected chi connectivity index (χ4v) is 3.94. The molecule has 1 aromatic carbocycles. The van der Waals surface area contributed by atoms with E-state index < -0.39 is 11.9 Å². The zero-order valence-corrected chi connectivity index (χ0v) is 13.0. The molecule has 1 fully saturated rings. The highest BCUT2D eigenvalue weighted by molar-refractivity contribution is 5.85. The molecule has 1 heterocycles. The number of nitrogens with zero attached hydrogens (tertiary/aromatic N) is 1. The SMILES string of the molecule is CC1CC(C(=O)O)CN(C(=O)C2CCCc3ccccc32)C1. The van der Waals surface area contributed by atoms with E-state index in [9.17, 15) is 14.7 Å². The molecule has 0 saturated carbocycles. The molecule has 22 heavy (non-hydrogen) atoms. The Hall–Kier alpha value is -1.84. The molecule has 1 aliphatic carbocycles. The minimum absolute atomic E-state index is 0.0929. The van der Waals surface area contributed by atoms with Crippen molar-refractivity contribution in [2.75, 3.05) is 13.1 Å². The van der Waals surface area contributed by atoms with Crippen molar-refractivity contribution in [2.45, 2.75) is 38.5 Å². The molecule has 1 aromatic rings. The van der Waals surface area contributed by atoms with Gasteiger partial charge in [-0.05, 0) is 42.7 Å². The highest BCUT2D eigenvalue weighted by atomic mass is 16.4. The number of hydrogen-bond acceptors (Lipinski definition) is 2. The van der Waals surface area contributed by atoms with Crippen LogP contribution in [0.5, 0.6) is 0 Å². The molecule has 4 heteroatoms. The Morgan fingerprint density at radius 1 is 1.23 bits per heavy atom. The summed E-state index contributed by atoms with van der Waals surface area (Å²) in [5, 5.41) is 9.29.